The third-order valence-electron chi connectivity index (χ3n) is 1.12. The first-order valence-electron chi connectivity index (χ1n) is 2.75. The molecule has 1 aromatic carbocycles. The van der Waals surface area contributed by atoms with Crippen molar-refractivity contribution in [1.29, 1.82) is 0 Å². The van der Waals surface area contributed by atoms with Crippen molar-refractivity contribution >= 4 is 5.69 Å². The Morgan fingerprint density at radius 3 is 2.67 bits per heavy atom. The van der Waals surface area contributed by atoms with Crippen molar-refractivity contribution in [2.45, 2.75) is 6.61 Å². The van der Waals surface area contributed by atoms with Gasteiger partial charge >= 0.3 is 0 Å². The number of anilines is 1. The van der Waals surface area contributed by atoms with Gasteiger partial charge in [0.1, 0.15) is 0 Å². The number of nitrogen functional groups attached to an aromatic ring is 1. The minimum absolute atomic E-state index is 0.189. The van der Waals surface area contributed by atoms with Crippen LogP contribution in [-0.4, -0.2) is 0 Å². The molecule has 0 spiro atoms. The van der Waals surface area contributed by atoms with Crippen LogP contribution in [0.4, 0.5) is 5.69 Å². The van der Waals surface area contributed by atoms with Gasteiger partial charge in [-0.15, -0.1) is 6.61 Å². The molecule has 0 radical (unpaired) electrons. The summed E-state index contributed by atoms with van der Waals surface area (Å²) >= 11 is 0. The van der Waals surface area contributed by atoms with Gasteiger partial charge in [-0.1, -0.05) is 17.7 Å². The van der Waals surface area contributed by atoms with Gasteiger partial charge < -0.3 is 10.8 Å². The summed E-state index contributed by atoms with van der Waals surface area (Å²) in [4.78, 5) is 0. The number of rotatable bonds is 1. The summed E-state index contributed by atoms with van der Waals surface area (Å²) < 4.78 is 0. The Kier molecular flexibility index (Phi) is 1.70. The van der Waals surface area contributed by atoms with Crippen LogP contribution in [0.1, 0.15) is 5.56 Å². The number of nitrogens with two attached hydrogens (primary N) is 1. The average Bonchev–Trinajstić information content (AvgIpc) is 1.88. The predicted octanol–water partition coefficient (Wildman–Crippen LogP) is 0.129. The monoisotopic (exact) mass is 122 g/mol. The normalized spacial score (nSPS) is 9.44. The van der Waals surface area contributed by atoms with Crippen LogP contribution < -0.4 is 10.8 Å². The van der Waals surface area contributed by atoms with E-state index >= 15 is 0 Å². The molecule has 0 aliphatic heterocycles. The van der Waals surface area contributed by atoms with Crippen LogP contribution in [0.15, 0.2) is 24.3 Å². The number of hydrogen-bond acceptors (Lipinski definition) is 2. The third-order valence-corrected chi connectivity index (χ3v) is 1.12. The summed E-state index contributed by atoms with van der Waals surface area (Å²) in [5.74, 6) is 0. The standard InChI is InChI=1S/C7H8NO/c8-7-3-1-2-6(4-7)5-9/h1-4H,5,8H2/q-1. The lowest BCUT2D eigenvalue weighted by Gasteiger charge is -2.03. The highest BCUT2D eigenvalue weighted by Gasteiger charge is 1.83. The first kappa shape index (κ1) is 6.11. The van der Waals surface area contributed by atoms with Crippen LogP contribution in [-0.2, 0) is 6.61 Å². The van der Waals surface area contributed by atoms with Crippen molar-refractivity contribution in [2.75, 3.05) is 5.73 Å². The molecule has 0 aliphatic rings. The molecule has 0 saturated heterocycles. The molecule has 0 atom stereocenters. The highest BCUT2D eigenvalue weighted by atomic mass is 16.3. The van der Waals surface area contributed by atoms with Crippen molar-refractivity contribution in [3.63, 3.8) is 0 Å². The largest absolute Gasteiger partial charge is 0.851 e. The van der Waals surface area contributed by atoms with Crippen LogP contribution in [0.25, 0.3) is 0 Å². The Bertz CT molecular complexity index is 198. The summed E-state index contributed by atoms with van der Waals surface area (Å²) in [7, 11) is 0. The lowest BCUT2D eigenvalue weighted by Crippen LogP contribution is -2.02. The minimum atomic E-state index is -0.189. The molecule has 2 N–H and O–H groups in total. The van der Waals surface area contributed by atoms with E-state index in [4.69, 9.17) is 5.73 Å². The minimum Gasteiger partial charge on any atom is -0.851 e. The van der Waals surface area contributed by atoms with Crippen molar-refractivity contribution in [3.8, 4) is 0 Å². The summed E-state index contributed by atoms with van der Waals surface area (Å²) in [5, 5.41) is 10.2. The van der Waals surface area contributed by atoms with Gasteiger partial charge in [-0.2, -0.15) is 0 Å². The van der Waals surface area contributed by atoms with Gasteiger partial charge in [-0.25, -0.2) is 0 Å². The Morgan fingerprint density at radius 1 is 1.44 bits per heavy atom. The zero-order chi connectivity index (χ0) is 6.69. The molecule has 0 aromatic heterocycles. The fourth-order valence-electron chi connectivity index (χ4n) is 0.683. The Morgan fingerprint density at radius 2 is 2.22 bits per heavy atom. The van der Waals surface area contributed by atoms with Gasteiger partial charge in [0.15, 0.2) is 0 Å². The zero-order valence-corrected chi connectivity index (χ0v) is 5.00. The van der Waals surface area contributed by atoms with Crippen LogP contribution in [0.2, 0.25) is 0 Å². The molecule has 0 heterocycles. The first-order chi connectivity index (χ1) is 4.33. The maximum atomic E-state index is 10.2. The average molecular weight is 122 g/mol. The van der Waals surface area contributed by atoms with E-state index in [9.17, 15) is 5.11 Å². The fourth-order valence-corrected chi connectivity index (χ4v) is 0.683. The van der Waals surface area contributed by atoms with E-state index in [-0.39, 0.29) is 6.61 Å². The van der Waals surface area contributed by atoms with Crippen LogP contribution in [0.3, 0.4) is 0 Å². The van der Waals surface area contributed by atoms with E-state index < -0.39 is 0 Å². The second kappa shape index (κ2) is 2.51. The Balaban J connectivity index is 2.94. The van der Waals surface area contributed by atoms with Crippen molar-refractivity contribution in [2.24, 2.45) is 0 Å². The summed E-state index contributed by atoms with van der Waals surface area (Å²) in [6.45, 7) is -0.189. The molecule has 0 aliphatic carbocycles. The first-order valence-corrected chi connectivity index (χ1v) is 2.75. The maximum Gasteiger partial charge on any atom is 0.0316 e. The number of benzene rings is 1. The topological polar surface area (TPSA) is 49.1 Å². The molecule has 2 nitrogen and oxygen atoms in total. The zero-order valence-electron chi connectivity index (χ0n) is 5.00. The molecule has 48 valence electrons. The van der Waals surface area contributed by atoms with Gasteiger partial charge in [-0.3, -0.25) is 0 Å². The Labute approximate surface area is 53.9 Å². The third kappa shape index (κ3) is 1.44. The second-order valence-corrected chi connectivity index (χ2v) is 1.89. The lowest BCUT2D eigenvalue weighted by molar-refractivity contribution is -0.386. The highest BCUT2D eigenvalue weighted by Crippen LogP contribution is 2.04. The molecule has 0 saturated carbocycles. The molecule has 2 heteroatoms. The molecule has 1 rings (SSSR count). The smallest absolute Gasteiger partial charge is 0.0316 e. The molecular weight excluding hydrogens is 114 g/mol. The van der Waals surface area contributed by atoms with Gasteiger partial charge in [0.05, 0.1) is 0 Å². The second-order valence-electron chi connectivity index (χ2n) is 1.89. The maximum absolute atomic E-state index is 10.2. The van der Waals surface area contributed by atoms with Crippen LogP contribution >= 0.6 is 0 Å². The molecule has 0 fully saturated rings. The molecule has 0 unspecified atom stereocenters. The van der Waals surface area contributed by atoms with E-state index in [2.05, 4.69) is 0 Å². The molecular formula is C7H8NO-. The molecule has 9 heavy (non-hydrogen) atoms. The Hall–Kier alpha value is -1.02. The van der Waals surface area contributed by atoms with Gasteiger partial charge in [0.2, 0.25) is 0 Å². The van der Waals surface area contributed by atoms with Gasteiger partial charge in [0.25, 0.3) is 0 Å². The quantitative estimate of drug-likeness (QED) is 0.538. The summed E-state index contributed by atoms with van der Waals surface area (Å²) in [6.07, 6.45) is 0. The predicted molar refractivity (Wildman–Crippen MR) is 34.6 cm³/mol. The van der Waals surface area contributed by atoms with E-state index in [0.717, 1.165) is 5.56 Å². The number of hydrogen-bond donors (Lipinski definition) is 1. The SMILES string of the molecule is Nc1cccc(C[O-])c1. The van der Waals surface area contributed by atoms with E-state index in [1.54, 1.807) is 24.3 Å². The van der Waals surface area contributed by atoms with Crippen LogP contribution in [0, 0.1) is 0 Å². The summed E-state index contributed by atoms with van der Waals surface area (Å²) in [5.41, 5.74) is 6.80. The van der Waals surface area contributed by atoms with Gasteiger partial charge in [0, 0.05) is 5.69 Å². The van der Waals surface area contributed by atoms with Crippen molar-refractivity contribution in [1.82, 2.24) is 0 Å². The molecule has 1 aromatic rings. The molecule has 0 amide bonds. The van der Waals surface area contributed by atoms with E-state index in [1.165, 1.54) is 0 Å². The summed E-state index contributed by atoms with van der Waals surface area (Å²) in [6, 6.07) is 7.00. The van der Waals surface area contributed by atoms with Crippen LogP contribution in [0.5, 0.6) is 0 Å². The van der Waals surface area contributed by atoms with E-state index in [1.807, 2.05) is 0 Å². The lowest BCUT2D eigenvalue weighted by atomic mass is 10.2. The van der Waals surface area contributed by atoms with Crippen molar-refractivity contribution < 1.29 is 5.11 Å². The van der Waals surface area contributed by atoms with Crippen molar-refractivity contribution in [3.05, 3.63) is 29.8 Å². The fraction of sp³-hybridized carbons (Fsp3) is 0.143. The highest BCUT2D eigenvalue weighted by molar-refractivity contribution is 5.40. The van der Waals surface area contributed by atoms with Gasteiger partial charge in [-0.05, 0) is 12.1 Å². The van der Waals surface area contributed by atoms with E-state index in [0.29, 0.717) is 5.69 Å². The molecule has 0 bridgehead atoms.